The van der Waals surface area contributed by atoms with Gasteiger partial charge in [-0.1, -0.05) is 86.6 Å². The third kappa shape index (κ3) is 4.60. The van der Waals surface area contributed by atoms with Crippen LogP contribution < -0.4 is 4.74 Å². The highest BCUT2D eigenvalue weighted by atomic mass is 16.5. The van der Waals surface area contributed by atoms with Crippen LogP contribution in [-0.4, -0.2) is 5.97 Å². The van der Waals surface area contributed by atoms with Crippen molar-refractivity contribution in [3.8, 4) is 16.9 Å². The maximum atomic E-state index is 12.3. The van der Waals surface area contributed by atoms with Crippen molar-refractivity contribution in [2.24, 2.45) is 0 Å². The Bertz CT molecular complexity index is 849. The lowest BCUT2D eigenvalue weighted by Gasteiger charge is -2.10. The summed E-state index contributed by atoms with van der Waals surface area (Å²) >= 11 is 0. The molecule has 0 unspecified atom stereocenters. The molecule has 0 amide bonds. The van der Waals surface area contributed by atoms with E-state index in [9.17, 15) is 4.79 Å². The Kier molecular flexibility index (Phi) is 5.85. The van der Waals surface area contributed by atoms with Gasteiger partial charge >= 0.3 is 5.97 Å². The topological polar surface area (TPSA) is 26.3 Å². The van der Waals surface area contributed by atoms with Crippen LogP contribution in [0.1, 0.15) is 37.3 Å². The van der Waals surface area contributed by atoms with Gasteiger partial charge in [0.2, 0.25) is 0 Å². The van der Waals surface area contributed by atoms with Crippen molar-refractivity contribution in [2.75, 3.05) is 0 Å². The standard InChI is InChI=1S/C24H24O2/c1-18(2)20-15-12-19(13-16-20)14-17-24(25)26-23-11-7-6-10-22(23)21-8-4-3-5-9-21/h3-13,15-16,18H,14,17H2,1-2H3. The number of rotatable bonds is 6. The maximum Gasteiger partial charge on any atom is 0.311 e. The molecule has 0 atom stereocenters. The zero-order valence-corrected chi connectivity index (χ0v) is 15.3. The fourth-order valence-electron chi connectivity index (χ4n) is 2.90. The van der Waals surface area contributed by atoms with Crippen molar-refractivity contribution < 1.29 is 9.53 Å². The minimum atomic E-state index is -0.207. The van der Waals surface area contributed by atoms with Gasteiger partial charge in [-0.05, 0) is 35.1 Å². The predicted molar refractivity (Wildman–Crippen MR) is 106 cm³/mol. The summed E-state index contributed by atoms with van der Waals surface area (Å²) in [6.07, 6.45) is 1.05. The van der Waals surface area contributed by atoms with Gasteiger partial charge < -0.3 is 4.74 Å². The fraction of sp³-hybridized carbons (Fsp3) is 0.208. The van der Waals surface area contributed by atoms with E-state index in [-0.39, 0.29) is 5.97 Å². The van der Waals surface area contributed by atoms with Crippen LogP contribution in [0.25, 0.3) is 11.1 Å². The zero-order valence-electron chi connectivity index (χ0n) is 15.3. The average Bonchev–Trinajstić information content (AvgIpc) is 2.68. The molecular formula is C24H24O2. The molecule has 0 radical (unpaired) electrons. The first-order chi connectivity index (χ1) is 12.6. The number of aryl methyl sites for hydroxylation is 1. The zero-order chi connectivity index (χ0) is 18.4. The summed E-state index contributed by atoms with van der Waals surface area (Å²) in [4.78, 5) is 12.3. The minimum Gasteiger partial charge on any atom is -0.426 e. The van der Waals surface area contributed by atoms with Crippen LogP contribution in [0.4, 0.5) is 0 Å². The van der Waals surface area contributed by atoms with Crippen molar-refractivity contribution in [2.45, 2.75) is 32.6 Å². The number of ether oxygens (including phenoxy) is 1. The first-order valence-corrected chi connectivity index (χ1v) is 9.07. The monoisotopic (exact) mass is 344 g/mol. The SMILES string of the molecule is CC(C)c1ccc(CCC(=O)Oc2ccccc2-c2ccccc2)cc1. The molecule has 0 spiro atoms. The highest BCUT2D eigenvalue weighted by Gasteiger charge is 2.11. The van der Waals surface area contributed by atoms with Gasteiger partial charge in [0.15, 0.2) is 0 Å². The number of para-hydroxylation sites is 1. The fourth-order valence-corrected chi connectivity index (χ4v) is 2.90. The van der Waals surface area contributed by atoms with E-state index >= 15 is 0 Å². The lowest BCUT2D eigenvalue weighted by atomic mass is 10.0. The van der Waals surface area contributed by atoms with E-state index in [0.29, 0.717) is 24.5 Å². The molecule has 3 aromatic rings. The second-order valence-electron chi connectivity index (χ2n) is 6.73. The normalized spacial score (nSPS) is 10.7. The summed E-state index contributed by atoms with van der Waals surface area (Å²) in [6.45, 7) is 4.35. The van der Waals surface area contributed by atoms with Crippen molar-refractivity contribution in [3.05, 3.63) is 90.0 Å². The molecule has 0 saturated heterocycles. The molecule has 0 aliphatic heterocycles. The van der Waals surface area contributed by atoms with Crippen molar-refractivity contribution in [1.82, 2.24) is 0 Å². The molecule has 0 bridgehead atoms. The first kappa shape index (κ1) is 17.9. The number of carbonyl (C=O) groups excluding carboxylic acids is 1. The summed E-state index contributed by atoms with van der Waals surface area (Å²) in [7, 11) is 0. The van der Waals surface area contributed by atoms with Crippen LogP contribution in [0.15, 0.2) is 78.9 Å². The van der Waals surface area contributed by atoms with Gasteiger partial charge in [-0.2, -0.15) is 0 Å². The molecule has 0 aliphatic rings. The summed E-state index contributed by atoms with van der Waals surface area (Å²) in [5.41, 5.74) is 4.44. The molecule has 0 fully saturated rings. The van der Waals surface area contributed by atoms with E-state index in [1.807, 2.05) is 54.6 Å². The number of hydrogen-bond acceptors (Lipinski definition) is 2. The van der Waals surface area contributed by atoms with E-state index < -0.39 is 0 Å². The highest BCUT2D eigenvalue weighted by Crippen LogP contribution is 2.29. The van der Waals surface area contributed by atoms with Crippen LogP contribution in [-0.2, 0) is 11.2 Å². The molecule has 3 aromatic carbocycles. The Hall–Kier alpha value is -2.87. The molecule has 2 nitrogen and oxygen atoms in total. The third-order valence-corrected chi connectivity index (χ3v) is 4.46. The Morgan fingerprint density at radius 2 is 1.50 bits per heavy atom. The maximum absolute atomic E-state index is 12.3. The molecule has 2 heteroatoms. The number of hydrogen-bond donors (Lipinski definition) is 0. The summed E-state index contributed by atoms with van der Waals surface area (Å²) in [6, 6.07) is 26.1. The van der Waals surface area contributed by atoms with E-state index in [2.05, 4.69) is 38.1 Å². The van der Waals surface area contributed by atoms with Gasteiger partial charge in [-0.25, -0.2) is 0 Å². The van der Waals surface area contributed by atoms with Crippen LogP contribution in [0.5, 0.6) is 5.75 Å². The third-order valence-electron chi connectivity index (χ3n) is 4.46. The van der Waals surface area contributed by atoms with Crippen molar-refractivity contribution >= 4 is 5.97 Å². The highest BCUT2D eigenvalue weighted by molar-refractivity contribution is 5.78. The number of benzene rings is 3. The van der Waals surface area contributed by atoms with Gasteiger partial charge in [0.25, 0.3) is 0 Å². The van der Waals surface area contributed by atoms with Crippen molar-refractivity contribution in [3.63, 3.8) is 0 Å². The van der Waals surface area contributed by atoms with Crippen LogP contribution in [0.2, 0.25) is 0 Å². The molecule has 132 valence electrons. The lowest BCUT2D eigenvalue weighted by molar-refractivity contribution is -0.134. The molecule has 0 heterocycles. The first-order valence-electron chi connectivity index (χ1n) is 9.07. The Morgan fingerprint density at radius 1 is 0.846 bits per heavy atom. The molecule has 0 saturated carbocycles. The average molecular weight is 344 g/mol. The van der Waals surface area contributed by atoms with Gasteiger partial charge in [-0.3, -0.25) is 4.79 Å². The van der Waals surface area contributed by atoms with Gasteiger partial charge in [0.1, 0.15) is 5.75 Å². The number of carbonyl (C=O) groups is 1. The molecule has 3 rings (SSSR count). The Balaban J connectivity index is 1.64. The number of esters is 1. The van der Waals surface area contributed by atoms with Crippen LogP contribution >= 0.6 is 0 Å². The summed E-state index contributed by atoms with van der Waals surface area (Å²) in [5.74, 6) is 0.920. The Morgan fingerprint density at radius 3 is 2.19 bits per heavy atom. The van der Waals surface area contributed by atoms with Gasteiger partial charge in [-0.15, -0.1) is 0 Å². The smallest absolute Gasteiger partial charge is 0.311 e. The van der Waals surface area contributed by atoms with E-state index in [1.165, 1.54) is 5.56 Å². The molecule has 0 aromatic heterocycles. The molecule has 0 N–H and O–H groups in total. The van der Waals surface area contributed by atoms with E-state index in [4.69, 9.17) is 4.74 Å². The van der Waals surface area contributed by atoms with Crippen molar-refractivity contribution in [1.29, 1.82) is 0 Å². The van der Waals surface area contributed by atoms with Gasteiger partial charge in [0, 0.05) is 12.0 Å². The van der Waals surface area contributed by atoms with E-state index in [1.54, 1.807) is 0 Å². The summed E-state index contributed by atoms with van der Waals surface area (Å²) < 4.78 is 5.64. The quantitative estimate of drug-likeness (QED) is 0.404. The van der Waals surface area contributed by atoms with E-state index in [0.717, 1.165) is 16.7 Å². The predicted octanol–water partition coefficient (Wildman–Crippen LogP) is 6.02. The minimum absolute atomic E-state index is 0.207. The Labute approximate surface area is 155 Å². The molecule has 26 heavy (non-hydrogen) atoms. The largest absolute Gasteiger partial charge is 0.426 e. The summed E-state index contributed by atoms with van der Waals surface area (Å²) in [5, 5.41) is 0. The lowest BCUT2D eigenvalue weighted by Crippen LogP contribution is -2.09. The second-order valence-corrected chi connectivity index (χ2v) is 6.73. The molecular weight excluding hydrogens is 320 g/mol. The van der Waals surface area contributed by atoms with Crippen LogP contribution in [0, 0.1) is 0 Å². The molecule has 0 aliphatic carbocycles. The van der Waals surface area contributed by atoms with Crippen LogP contribution in [0.3, 0.4) is 0 Å². The van der Waals surface area contributed by atoms with Gasteiger partial charge in [0.05, 0.1) is 0 Å². The second kappa shape index (κ2) is 8.48.